The lowest BCUT2D eigenvalue weighted by molar-refractivity contribution is -0.159. The monoisotopic (exact) mass is 551 g/mol. The van der Waals surface area contributed by atoms with Gasteiger partial charge in [0.05, 0.1) is 5.92 Å². The molecule has 220 valence electrons. The fourth-order valence-electron chi connectivity index (χ4n) is 5.39. The number of carbonyl (C=O) groups excluding carboxylic acids is 3. The summed E-state index contributed by atoms with van der Waals surface area (Å²) in [5.41, 5.74) is -3.74. The molecule has 11 heteroatoms. The normalized spacial score (nSPS) is 15.5. The number of rotatable bonds is 13. The fraction of sp³-hybridized carbons (Fsp3) is 0.714. The van der Waals surface area contributed by atoms with Gasteiger partial charge >= 0.3 is 17.9 Å². The van der Waals surface area contributed by atoms with Gasteiger partial charge in [0.25, 0.3) is 0 Å². The van der Waals surface area contributed by atoms with Gasteiger partial charge in [-0.3, -0.25) is 24.0 Å². The van der Waals surface area contributed by atoms with E-state index in [1.165, 1.54) is 17.0 Å². The summed E-state index contributed by atoms with van der Waals surface area (Å²) in [4.78, 5) is 66.2. The molecule has 0 aromatic carbocycles. The second-order valence-corrected chi connectivity index (χ2v) is 13.2. The van der Waals surface area contributed by atoms with Gasteiger partial charge in [0.2, 0.25) is 5.91 Å². The van der Waals surface area contributed by atoms with Crippen LogP contribution in [0.25, 0.3) is 0 Å². The Kier molecular flexibility index (Phi) is 11.0. The predicted octanol–water partition coefficient (Wildman–Crippen LogP) is 3.95. The SMILES string of the molecule is CC(C)(C)OC(=O)CCC(CCC(=O)O)(NC(=O)Cn1ccnc1C=O)C(C(C(=O)O)C(C)(C)C)C(C)(C)C. The molecule has 0 bridgehead atoms. The quantitative estimate of drug-likeness (QED) is 0.243. The summed E-state index contributed by atoms with van der Waals surface area (Å²) in [6.07, 6.45) is 2.61. The molecule has 0 saturated heterocycles. The van der Waals surface area contributed by atoms with Gasteiger partial charge in [0, 0.05) is 36.7 Å². The van der Waals surface area contributed by atoms with E-state index in [2.05, 4.69) is 10.3 Å². The maximum absolute atomic E-state index is 13.5. The van der Waals surface area contributed by atoms with Crippen LogP contribution in [-0.4, -0.2) is 61.0 Å². The van der Waals surface area contributed by atoms with E-state index in [-0.39, 0.29) is 38.1 Å². The molecule has 0 spiro atoms. The number of esters is 1. The standard InChI is InChI=1S/C28H45N3O8/c1-25(2,3)22(24(37)38)23(26(4,5)6)28(12-10-20(34)35,13-11-21(36)39-27(7,8)9)30-19(33)16-31-15-14-29-18(31)17-32/h14-15,17,22-23H,10-13,16H2,1-9H3,(H,30,33)(H,34,35)(H,37,38). The van der Waals surface area contributed by atoms with E-state index in [4.69, 9.17) is 4.74 Å². The van der Waals surface area contributed by atoms with Crippen LogP contribution < -0.4 is 5.32 Å². The molecule has 0 saturated carbocycles. The molecule has 1 aromatic rings. The Morgan fingerprint density at radius 2 is 1.54 bits per heavy atom. The number of nitrogens with zero attached hydrogens (tertiary/aromatic N) is 2. The van der Waals surface area contributed by atoms with Crippen LogP contribution in [0.1, 0.15) is 98.6 Å². The third-order valence-electron chi connectivity index (χ3n) is 6.60. The van der Waals surface area contributed by atoms with Crippen molar-refractivity contribution in [2.75, 3.05) is 0 Å². The Labute approximate surface area is 230 Å². The molecule has 1 heterocycles. The minimum atomic E-state index is -1.43. The van der Waals surface area contributed by atoms with Gasteiger partial charge in [-0.15, -0.1) is 0 Å². The minimum absolute atomic E-state index is 0.0283. The lowest BCUT2D eigenvalue weighted by Gasteiger charge is -2.53. The fourth-order valence-corrected chi connectivity index (χ4v) is 5.39. The maximum Gasteiger partial charge on any atom is 0.307 e. The number of aromatic nitrogens is 2. The molecule has 0 fully saturated rings. The molecule has 1 amide bonds. The summed E-state index contributed by atoms with van der Waals surface area (Å²) in [5.74, 6) is -5.14. The number of aliphatic carboxylic acids is 2. The Hall–Kier alpha value is -3.24. The maximum atomic E-state index is 13.5. The van der Waals surface area contributed by atoms with Crippen LogP contribution in [0.2, 0.25) is 0 Å². The van der Waals surface area contributed by atoms with Crippen molar-refractivity contribution in [1.29, 1.82) is 0 Å². The first kappa shape index (κ1) is 33.8. The van der Waals surface area contributed by atoms with Gasteiger partial charge < -0.3 is 24.8 Å². The van der Waals surface area contributed by atoms with Gasteiger partial charge in [0.1, 0.15) is 12.1 Å². The topological polar surface area (TPSA) is 165 Å². The Bertz CT molecular complexity index is 1040. The summed E-state index contributed by atoms with van der Waals surface area (Å²) in [6.45, 7) is 15.7. The van der Waals surface area contributed by atoms with Crippen LogP contribution in [0.3, 0.4) is 0 Å². The second kappa shape index (κ2) is 12.7. The first-order valence-corrected chi connectivity index (χ1v) is 13.1. The number of carboxylic acids is 2. The van der Waals surface area contributed by atoms with Gasteiger partial charge in [-0.05, 0) is 44.4 Å². The van der Waals surface area contributed by atoms with Crippen molar-refractivity contribution < 1.29 is 38.9 Å². The lowest BCUT2D eigenvalue weighted by atomic mass is 9.55. The zero-order valence-corrected chi connectivity index (χ0v) is 24.7. The summed E-state index contributed by atoms with van der Waals surface area (Å²) in [7, 11) is 0. The zero-order valence-electron chi connectivity index (χ0n) is 24.7. The predicted molar refractivity (Wildman–Crippen MR) is 144 cm³/mol. The van der Waals surface area contributed by atoms with Crippen LogP contribution >= 0.6 is 0 Å². The summed E-state index contributed by atoms with van der Waals surface area (Å²) in [5, 5.41) is 23.1. The number of amides is 1. The molecule has 39 heavy (non-hydrogen) atoms. The highest BCUT2D eigenvalue weighted by Crippen LogP contribution is 2.50. The van der Waals surface area contributed by atoms with Crippen molar-refractivity contribution in [3.63, 3.8) is 0 Å². The van der Waals surface area contributed by atoms with Crippen LogP contribution in [-0.2, 0) is 30.5 Å². The Balaban J connectivity index is 3.78. The number of imidazole rings is 1. The first-order chi connectivity index (χ1) is 17.6. The highest BCUT2D eigenvalue weighted by Gasteiger charge is 2.54. The largest absolute Gasteiger partial charge is 0.481 e. The van der Waals surface area contributed by atoms with Gasteiger partial charge in [-0.1, -0.05) is 41.5 Å². The summed E-state index contributed by atoms with van der Waals surface area (Å²) in [6, 6.07) is 0. The molecule has 3 atom stereocenters. The van der Waals surface area contributed by atoms with Gasteiger partial charge in [-0.2, -0.15) is 0 Å². The van der Waals surface area contributed by atoms with E-state index in [0.29, 0.717) is 6.29 Å². The molecule has 0 aliphatic carbocycles. The number of ether oxygens (including phenoxy) is 1. The number of hydrogen-bond donors (Lipinski definition) is 3. The van der Waals surface area contributed by atoms with Gasteiger partial charge in [0.15, 0.2) is 12.1 Å². The van der Waals surface area contributed by atoms with E-state index in [1.807, 2.05) is 20.8 Å². The van der Waals surface area contributed by atoms with E-state index < -0.39 is 57.6 Å². The highest BCUT2D eigenvalue weighted by molar-refractivity contribution is 5.79. The zero-order chi connectivity index (χ0) is 30.4. The van der Waals surface area contributed by atoms with Crippen molar-refractivity contribution in [3.05, 3.63) is 18.2 Å². The van der Waals surface area contributed by atoms with Crippen LogP contribution in [0.15, 0.2) is 12.4 Å². The molecule has 0 aliphatic heterocycles. The number of aldehydes is 1. The molecule has 1 rings (SSSR count). The van der Waals surface area contributed by atoms with E-state index in [9.17, 15) is 34.2 Å². The van der Waals surface area contributed by atoms with Crippen LogP contribution in [0.5, 0.6) is 0 Å². The smallest absolute Gasteiger partial charge is 0.307 e. The summed E-state index contributed by atoms with van der Waals surface area (Å²) < 4.78 is 6.82. The number of hydrogen-bond acceptors (Lipinski definition) is 7. The molecule has 0 radical (unpaired) electrons. The molecule has 3 unspecified atom stereocenters. The van der Waals surface area contributed by atoms with E-state index >= 15 is 0 Å². The molecule has 1 aromatic heterocycles. The van der Waals surface area contributed by atoms with Crippen molar-refractivity contribution in [1.82, 2.24) is 14.9 Å². The number of carboxylic acid groups (broad SMARTS) is 2. The van der Waals surface area contributed by atoms with E-state index in [1.54, 1.807) is 41.5 Å². The summed E-state index contributed by atoms with van der Waals surface area (Å²) >= 11 is 0. The van der Waals surface area contributed by atoms with Crippen LogP contribution in [0, 0.1) is 22.7 Å². The Morgan fingerprint density at radius 1 is 0.974 bits per heavy atom. The third-order valence-corrected chi connectivity index (χ3v) is 6.60. The van der Waals surface area contributed by atoms with Gasteiger partial charge in [-0.25, -0.2) is 4.98 Å². The van der Waals surface area contributed by atoms with Crippen molar-refractivity contribution in [2.24, 2.45) is 22.7 Å². The van der Waals surface area contributed by atoms with Crippen molar-refractivity contribution in [3.8, 4) is 0 Å². The second-order valence-electron chi connectivity index (χ2n) is 13.2. The molecular weight excluding hydrogens is 506 g/mol. The third kappa shape index (κ3) is 10.1. The first-order valence-electron chi connectivity index (χ1n) is 13.1. The lowest BCUT2D eigenvalue weighted by Crippen LogP contribution is -2.63. The average Bonchev–Trinajstić information content (AvgIpc) is 3.17. The number of nitrogens with one attached hydrogen (secondary N) is 1. The van der Waals surface area contributed by atoms with Crippen molar-refractivity contribution in [2.45, 2.75) is 106 Å². The Morgan fingerprint density at radius 3 is 1.97 bits per heavy atom. The minimum Gasteiger partial charge on any atom is -0.481 e. The average molecular weight is 552 g/mol. The highest BCUT2D eigenvalue weighted by atomic mass is 16.6. The molecular formula is C28H45N3O8. The van der Waals surface area contributed by atoms with E-state index in [0.717, 1.165) is 0 Å². The molecule has 3 N–H and O–H groups in total. The number of carbonyl (C=O) groups is 5. The van der Waals surface area contributed by atoms with Crippen molar-refractivity contribution >= 4 is 30.1 Å². The molecule has 0 aliphatic rings. The van der Waals surface area contributed by atoms with Crippen LogP contribution in [0.4, 0.5) is 0 Å². The molecule has 11 nitrogen and oxygen atoms in total.